The summed E-state index contributed by atoms with van der Waals surface area (Å²) in [4.78, 5) is 0.365. The molecule has 1 unspecified atom stereocenters. The maximum absolute atomic E-state index is 11.5. The molecule has 0 amide bonds. The van der Waals surface area contributed by atoms with E-state index in [1.165, 1.54) is 22.9 Å². The fourth-order valence-electron chi connectivity index (χ4n) is 2.62. The first kappa shape index (κ1) is 17.7. The Hall–Kier alpha value is -1.65. The molecule has 0 aliphatic rings. The first-order valence-electron chi connectivity index (χ1n) is 7.84. The van der Waals surface area contributed by atoms with Crippen molar-refractivity contribution in [2.24, 2.45) is 0 Å². The predicted octanol–water partition coefficient (Wildman–Crippen LogP) is 3.43. The van der Waals surface area contributed by atoms with E-state index in [1.807, 2.05) is 12.1 Å². The maximum Gasteiger partial charge on any atom is 0.175 e. The lowest BCUT2D eigenvalue weighted by atomic mass is 10.00. The molecular formula is C19H25NO2S. The predicted molar refractivity (Wildman–Crippen MR) is 95.5 cm³/mol. The van der Waals surface area contributed by atoms with E-state index in [-0.39, 0.29) is 0 Å². The second-order valence-corrected chi connectivity index (χ2v) is 8.35. The van der Waals surface area contributed by atoms with Crippen molar-refractivity contribution < 1.29 is 8.42 Å². The molecule has 23 heavy (non-hydrogen) atoms. The van der Waals surface area contributed by atoms with Crippen molar-refractivity contribution in [2.75, 3.05) is 6.26 Å². The summed E-state index contributed by atoms with van der Waals surface area (Å²) in [6.45, 7) is 7.16. The van der Waals surface area contributed by atoms with Gasteiger partial charge in [-0.15, -0.1) is 0 Å². The van der Waals surface area contributed by atoms with Crippen LogP contribution < -0.4 is 5.32 Å². The van der Waals surface area contributed by atoms with Crippen LogP contribution in [-0.2, 0) is 22.8 Å². The van der Waals surface area contributed by atoms with Crippen LogP contribution in [0.5, 0.6) is 0 Å². The lowest BCUT2D eigenvalue weighted by Crippen LogP contribution is -2.27. The maximum atomic E-state index is 11.5. The molecular weight excluding hydrogens is 306 g/mol. The molecule has 1 atom stereocenters. The topological polar surface area (TPSA) is 46.2 Å². The van der Waals surface area contributed by atoms with Gasteiger partial charge in [0, 0.05) is 18.8 Å². The van der Waals surface area contributed by atoms with Crippen molar-refractivity contribution in [1.82, 2.24) is 5.32 Å². The van der Waals surface area contributed by atoms with Crippen LogP contribution >= 0.6 is 0 Å². The largest absolute Gasteiger partial charge is 0.310 e. The van der Waals surface area contributed by atoms with Crippen LogP contribution in [0.25, 0.3) is 0 Å². The highest BCUT2D eigenvalue weighted by molar-refractivity contribution is 7.90. The molecule has 2 aromatic carbocycles. The van der Waals surface area contributed by atoms with E-state index in [2.05, 4.69) is 44.3 Å². The van der Waals surface area contributed by atoms with Gasteiger partial charge in [-0.25, -0.2) is 8.42 Å². The van der Waals surface area contributed by atoms with Gasteiger partial charge < -0.3 is 5.32 Å². The van der Waals surface area contributed by atoms with Crippen molar-refractivity contribution in [2.45, 2.75) is 44.7 Å². The normalized spacial score (nSPS) is 13.0. The number of rotatable bonds is 6. The van der Waals surface area contributed by atoms with Gasteiger partial charge in [0.2, 0.25) is 0 Å². The molecule has 2 rings (SSSR count). The molecule has 0 saturated carbocycles. The van der Waals surface area contributed by atoms with Gasteiger partial charge in [0.25, 0.3) is 0 Å². The van der Waals surface area contributed by atoms with Crippen molar-refractivity contribution >= 4 is 9.84 Å². The number of sulfone groups is 1. The second kappa shape index (κ2) is 7.28. The second-order valence-electron chi connectivity index (χ2n) is 6.33. The molecule has 0 bridgehead atoms. The molecule has 0 saturated heterocycles. The van der Waals surface area contributed by atoms with E-state index in [0.29, 0.717) is 10.9 Å². The van der Waals surface area contributed by atoms with Crippen LogP contribution in [-0.4, -0.2) is 20.7 Å². The molecule has 0 heterocycles. The third-order valence-electron chi connectivity index (χ3n) is 4.03. The Labute approximate surface area is 139 Å². The molecule has 0 spiro atoms. The standard InChI is InChI=1S/C19H25NO2S/c1-14-5-8-18(15(2)11-14)12-16(3)20-13-17-6-9-19(10-7-17)23(4,21)22/h5-11,16,20H,12-13H2,1-4H3. The summed E-state index contributed by atoms with van der Waals surface area (Å²) in [5.41, 5.74) is 5.07. The summed E-state index contributed by atoms with van der Waals surface area (Å²) in [6, 6.07) is 14.0. The third-order valence-corrected chi connectivity index (χ3v) is 5.16. The minimum atomic E-state index is -3.12. The van der Waals surface area contributed by atoms with Crippen molar-refractivity contribution in [3.8, 4) is 0 Å². The van der Waals surface area contributed by atoms with E-state index in [4.69, 9.17) is 0 Å². The third kappa shape index (κ3) is 5.19. The van der Waals surface area contributed by atoms with Gasteiger partial charge in [-0.3, -0.25) is 0 Å². The van der Waals surface area contributed by atoms with E-state index in [9.17, 15) is 8.42 Å². The van der Waals surface area contributed by atoms with E-state index >= 15 is 0 Å². The summed E-state index contributed by atoms with van der Waals surface area (Å²) in [6.07, 6.45) is 2.21. The monoisotopic (exact) mass is 331 g/mol. The Balaban J connectivity index is 1.92. The van der Waals surface area contributed by atoms with Crippen LogP contribution in [0.1, 0.15) is 29.2 Å². The molecule has 4 heteroatoms. The first-order chi connectivity index (χ1) is 10.8. The van der Waals surface area contributed by atoms with Crippen LogP contribution in [0.15, 0.2) is 47.4 Å². The molecule has 1 N–H and O–H groups in total. The minimum absolute atomic E-state index is 0.353. The Morgan fingerprint density at radius 1 is 1.04 bits per heavy atom. The fraction of sp³-hybridized carbons (Fsp3) is 0.368. The zero-order valence-electron chi connectivity index (χ0n) is 14.3. The Morgan fingerprint density at radius 2 is 1.70 bits per heavy atom. The summed E-state index contributed by atoms with van der Waals surface area (Å²) in [5, 5.41) is 3.50. The molecule has 0 radical (unpaired) electrons. The molecule has 0 aromatic heterocycles. The summed E-state index contributed by atoms with van der Waals surface area (Å²) in [5.74, 6) is 0. The lowest BCUT2D eigenvalue weighted by Gasteiger charge is -2.16. The van der Waals surface area contributed by atoms with Crippen LogP contribution in [0.3, 0.4) is 0 Å². The SMILES string of the molecule is Cc1ccc(CC(C)NCc2ccc(S(C)(=O)=O)cc2)c(C)c1. The van der Waals surface area contributed by atoms with Crippen molar-refractivity contribution in [3.05, 3.63) is 64.7 Å². The van der Waals surface area contributed by atoms with E-state index < -0.39 is 9.84 Å². The number of benzene rings is 2. The van der Waals surface area contributed by atoms with Gasteiger partial charge >= 0.3 is 0 Å². The highest BCUT2D eigenvalue weighted by atomic mass is 32.2. The fourth-order valence-corrected chi connectivity index (χ4v) is 3.25. The summed E-state index contributed by atoms with van der Waals surface area (Å²) < 4.78 is 22.9. The van der Waals surface area contributed by atoms with Gasteiger partial charge in [0.15, 0.2) is 9.84 Å². The average Bonchev–Trinajstić information content (AvgIpc) is 2.47. The van der Waals surface area contributed by atoms with E-state index in [1.54, 1.807) is 12.1 Å². The van der Waals surface area contributed by atoms with Gasteiger partial charge in [0.1, 0.15) is 0 Å². The van der Waals surface area contributed by atoms with Gasteiger partial charge in [-0.1, -0.05) is 35.9 Å². The van der Waals surface area contributed by atoms with E-state index in [0.717, 1.165) is 18.5 Å². The minimum Gasteiger partial charge on any atom is -0.310 e. The molecule has 0 aliphatic heterocycles. The Bertz CT molecular complexity index is 764. The quantitative estimate of drug-likeness (QED) is 0.882. The lowest BCUT2D eigenvalue weighted by molar-refractivity contribution is 0.544. The highest BCUT2D eigenvalue weighted by Gasteiger charge is 2.08. The van der Waals surface area contributed by atoms with Crippen LogP contribution in [0, 0.1) is 13.8 Å². The van der Waals surface area contributed by atoms with Crippen LogP contribution in [0.2, 0.25) is 0 Å². The van der Waals surface area contributed by atoms with Crippen LogP contribution in [0.4, 0.5) is 0 Å². The van der Waals surface area contributed by atoms with Gasteiger partial charge in [-0.2, -0.15) is 0 Å². The highest BCUT2D eigenvalue weighted by Crippen LogP contribution is 2.14. The molecule has 2 aromatic rings. The first-order valence-corrected chi connectivity index (χ1v) is 9.73. The molecule has 0 fully saturated rings. The zero-order valence-corrected chi connectivity index (χ0v) is 15.1. The number of hydrogen-bond acceptors (Lipinski definition) is 3. The van der Waals surface area contributed by atoms with Gasteiger partial charge in [0.05, 0.1) is 4.90 Å². The zero-order chi connectivity index (χ0) is 17.0. The number of aryl methyl sites for hydroxylation is 2. The summed E-state index contributed by atoms with van der Waals surface area (Å²) in [7, 11) is -3.12. The Morgan fingerprint density at radius 3 is 2.26 bits per heavy atom. The molecule has 0 aliphatic carbocycles. The average molecular weight is 331 g/mol. The van der Waals surface area contributed by atoms with Crippen molar-refractivity contribution in [3.63, 3.8) is 0 Å². The molecule has 124 valence electrons. The Kier molecular flexibility index (Phi) is 5.60. The van der Waals surface area contributed by atoms with Crippen molar-refractivity contribution in [1.29, 1.82) is 0 Å². The summed E-state index contributed by atoms with van der Waals surface area (Å²) >= 11 is 0. The number of nitrogens with one attached hydrogen (secondary N) is 1. The number of hydrogen-bond donors (Lipinski definition) is 1. The smallest absolute Gasteiger partial charge is 0.175 e. The van der Waals surface area contributed by atoms with Gasteiger partial charge in [-0.05, 0) is 56.0 Å². The molecule has 3 nitrogen and oxygen atoms in total.